The summed E-state index contributed by atoms with van der Waals surface area (Å²) in [5.74, 6) is 0.515. The number of carboxylic acid groups (broad SMARTS) is 1. The van der Waals surface area contributed by atoms with E-state index in [1.54, 1.807) is 17.4 Å². The molecule has 1 aliphatic rings. The Morgan fingerprint density at radius 3 is 2.87 bits per heavy atom. The number of aliphatic carboxylic acids is 1. The maximum Gasteiger partial charge on any atom is 0.313 e. The van der Waals surface area contributed by atoms with E-state index in [4.69, 9.17) is 5.11 Å². The van der Waals surface area contributed by atoms with Gasteiger partial charge in [-0.2, -0.15) is 11.8 Å². The maximum atomic E-state index is 12.3. The van der Waals surface area contributed by atoms with Gasteiger partial charge in [-0.05, 0) is 48.3 Å². The Balaban J connectivity index is 1.46. The van der Waals surface area contributed by atoms with Crippen molar-refractivity contribution in [3.63, 3.8) is 0 Å². The van der Waals surface area contributed by atoms with Crippen molar-refractivity contribution < 1.29 is 24.9 Å². The number of carbonyl (C=O) groups excluding carboxylic acids is 1. The molecule has 4 atom stereocenters. The predicted octanol–water partition coefficient (Wildman–Crippen LogP) is 4.01. The van der Waals surface area contributed by atoms with Crippen molar-refractivity contribution >= 4 is 56.7 Å². The minimum atomic E-state index is -0.817. The molecule has 1 heterocycles. The van der Waals surface area contributed by atoms with Crippen LogP contribution in [0.2, 0.25) is 0 Å². The Labute approximate surface area is 194 Å². The van der Waals surface area contributed by atoms with E-state index in [0.29, 0.717) is 6.42 Å². The highest BCUT2D eigenvalue weighted by molar-refractivity contribution is 8.01. The molecule has 2 aromatic rings. The Bertz CT molecular complexity index is 877. The largest absolute Gasteiger partial charge is 0.481 e. The molecule has 0 spiro atoms. The maximum absolute atomic E-state index is 12.3. The summed E-state index contributed by atoms with van der Waals surface area (Å²) in [6.45, 7) is 0. The topological polar surface area (TPSA) is 94.8 Å². The standard InChI is InChI=1S/C23H28O5S3/c24-16(6-8-17-12-15-4-1-2-5-21(15)31-17)7-9-18-19(25)13-20(26)23(18)30-11-3-10-29-14-22(27)28/h1-2,4-5,7,9,12,16,18-19,23-25H,3,6,8,10-11,13-14H2,(H,27,28)/t16?,18-,19+,23+/m0/s1. The molecule has 0 amide bonds. The van der Waals surface area contributed by atoms with Gasteiger partial charge in [0.15, 0.2) is 0 Å². The molecule has 31 heavy (non-hydrogen) atoms. The van der Waals surface area contributed by atoms with Crippen molar-refractivity contribution in [3.05, 3.63) is 47.4 Å². The average molecular weight is 481 g/mol. The molecule has 1 unspecified atom stereocenters. The third-order valence-electron chi connectivity index (χ3n) is 5.20. The van der Waals surface area contributed by atoms with E-state index in [1.165, 1.54) is 38.5 Å². The van der Waals surface area contributed by atoms with Crippen LogP contribution in [0.1, 0.15) is 24.1 Å². The van der Waals surface area contributed by atoms with Crippen molar-refractivity contribution in [2.45, 2.75) is 43.1 Å². The van der Waals surface area contributed by atoms with Gasteiger partial charge in [0.25, 0.3) is 0 Å². The van der Waals surface area contributed by atoms with Crippen molar-refractivity contribution in [1.82, 2.24) is 0 Å². The fourth-order valence-electron chi connectivity index (χ4n) is 3.64. The molecule has 8 heteroatoms. The van der Waals surface area contributed by atoms with Gasteiger partial charge >= 0.3 is 5.97 Å². The molecule has 1 aromatic carbocycles. The summed E-state index contributed by atoms with van der Waals surface area (Å²) in [5, 5.41) is 30.3. The van der Waals surface area contributed by atoms with Crippen molar-refractivity contribution in [3.8, 4) is 0 Å². The number of thiophene rings is 1. The Hall–Kier alpha value is -1.32. The second-order valence-corrected chi connectivity index (χ2v) is 11.2. The molecule has 0 radical (unpaired) electrons. The number of aryl methyl sites for hydroxylation is 1. The fraction of sp³-hybridized carbons (Fsp3) is 0.478. The van der Waals surface area contributed by atoms with Gasteiger partial charge in [0.05, 0.1) is 23.2 Å². The number of carboxylic acids is 1. The number of aliphatic hydroxyl groups excluding tert-OH is 2. The highest BCUT2D eigenvalue weighted by atomic mass is 32.2. The number of thioether (sulfide) groups is 2. The lowest BCUT2D eigenvalue weighted by molar-refractivity contribution is -0.133. The van der Waals surface area contributed by atoms with Gasteiger partial charge in [-0.15, -0.1) is 23.1 Å². The smallest absolute Gasteiger partial charge is 0.313 e. The quantitative estimate of drug-likeness (QED) is 0.312. The molecule has 0 bridgehead atoms. The Morgan fingerprint density at radius 2 is 2.10 bits per heavy atom. The zero-order valence-electron chi connectivity index (χ0n) is 17.2. The second kappa shape index (κ2) is 12.1. The van der Waals surface area contributed by atoms with Crippen LogP contribution in [0.25, 0.3) is 10.1 Å². The molecule has 1 aromatic heterocycles. The minimum absolute atomic E-state index is 0.0464. The van der Waals surface area contributed by atoms with Crippen LogP contribution in [-0.4, -0.2) is 61.8 Å². The molecule has 1 saturated carbocycles. The first-order valence-electron chi connectivity index (χ1n) is 10.4. The summed E-state index contributed by atoms with van der Waals surface area (Å²) in [6.07, 6.45) is 4.54. The molecule has 0 aliphatic heterocycles. The molecule has 1 fully saturated rings. The zero-order chi connectivity index (χ0) is 22.2. The lowest BCUT2D eigenvalue weighted by Crippen LogP contribution is -2.22. The van der Waals surface area contributed by atoms with E-state index in [9.17, 15) is 19.8 Å². The number of aliphatic hydroxyl groups is 2. The van der Waals surface area contributed by atoms with Crippen LogP contribution in [0.3, 0.4) is 0 Å². The first kappa shape index (κ1) is 24.3. The van der Waals surface area contributed by atoms with E-state index in [-0.39, 0.29) is 29.1 Å². The zero-order valence-corrected chi connectivity index (χ0v) is 19.6. The summed E-state index contributed by atoms with van der Waals surface area (Å²) in [6, 6.07) is 10.4. The van der Waals surface area contributed by atoms with Crippen LogP contribution in [0, 0.1) is 5.92 Å². The first-order chi connectivity index (χ1) is 14.9. The summed E-state index contributed by atoms with van der Waals surface area (Å²) in [5.41, 5.74) is 0. The molecule has 3 N–H and O–H groups in total. The molecular formula is C23H28O5S3. The van der Waals surface area contributed by atoms with Crippen molar-refractivity contribution in [2.75, 3.05) is 17.3 Å². The van der Waals surface area contributed by atoms with Crippen LogP contribution >= 0.6 is 34.9 Å². The van der Waals surface area contributed by atoms with Gasteiger partial charge in [-0.3, -0.25) is 9.59 Å². The number of benzene rings is 1. The molecule has 5 nitrogen and oxygen atoms in total. The predicted molar refractivity (Wildman–Crippen MR) is 130 cm³/mol. The number of fused-ring (bicyclic) bond motifs is 1. The monoisotopic (exact) mass is 480 g/mol. The van der Waals surface area contributed by atoms with Gasteiger partial charge in [0.2, 0.25) is 0 Å². The van der Waals surface area contributed by atoms with Crippen LogP contribution in [0.4, 0.5) is 0 Å². The van der Waals surface area contributed by atoms with Crippen LogP contribution < -0.4 is 0 Å². The summed E-state index contributed by atoms with van der Waals surface area (Å²) in [4.78, 5) is 24.1. The number of carbonyl (C=O) groups is 2. The summed E-state index contributed by atoms with van der Waals surface area (Å²) >= 11 is 4.64. The normalized spacial score (nSPS) is 22.5. The highest BCUT2D eigenvalue weighted by Crippen LogP contribution is 2.34. The number of Topliss-reactive ketones (excluding diaryl/α,β-unsaturated/α-hetero) is 1. The number of hydrogen-bond donors (Lipinski definition) is 3. The Morgan fingerprint density at radius 1 is 1.29 bits per heavy atom. The molecular weight excluding hydrogens is 452 g/mol. The van der Waals surface area contributed by atoms with E-state index in [2.05, 4.69) is 18.2 Å². The van der Waals surface area contributed by atoms with E-state index in [0.717, 1.165) is 24.3 Å². The van der Waals surface area contributed by atoms with Crippen LogP contribution in [0.5, 0.6) is 0 Å². The summed E-state index contributed by atoms with van der Waals surface area (Å²) in [7, 11) is 0. The SMILES string of the molecule is O=C(O)CSCCCS[C@H]1C(=O)C[C@@H](O)[C@@H]1C=CC(O)CCc1cc2ccccc2s1. The molecule has 0 saturated heterocycles. The second-order valence-electron chi connectivity index (χ2n) is 7.65. The molecule has 3 rings (SSSR count). The van der Waals surface area contributed by atoms with Gasteiger partial charge in [-0.25, -0.2) is 0 Å². The van der Waals surface area contributed by atoms with Crippen molar-refractivity contribution in [1.29, 1.82) is 0 Å². The lowest BCUT2D eigenvalue weighted by atomic mass is 10.0. The molecule has 1 aliphatic carbocycles. The fourth-order valence-corrected chi connectivity index (χ4v) is 6.91. The summed E-state index contributed by atoms with van der Waals surface area (Å²) < 4.78 is 1.25. The third-order valence-corrected chi connectivity index (χ3v) is 8.86. The van der Waals surface area contributed by atoms with Gasteiger partial charge < -0.3 is 15.3 Å². The first-order valence-corrected chi connectivity index (χ1v) is 13.4. The van der Waals surface area contributed by atoms with Gasteiger partial charge in [-0.1, -0.05) is 30.4 Å². The van der Waals surface area contributed by atoms with E-state index >= 15 is 0 Å². The van der Waals surface area contributed by atoms with Gasteiger partial charge in [0, 0.05) is 21.9 Å². The van der Waals surface area contributed by atoms with Crippen LogP contribution in [0.15, 0.2) is 42.5 Å². The van der Waals surface area contributed by atoms with E-state index < -0.39 is 18.2 Å². The number of rotatable bonds is 12. The highest BCUT2D eigenvalue weighted by Gasteiger charge is 2.40. The minimum Gasteiger partial charge on any atom is -0.481 e. The number of hydrogen-bond acceptors (Lipinski definition) is 7. The molecule has 168 valence electrons. The average Bonchev–Trinajstić information content (AvgIpc) is 3.27. The third kappa shape index (κ3) is 7.36. The van der Waals surface area contributed by atoms with Crippen molar-refractivity contribution in [2.24, 2.45) is 5.92 Å². The number of ketones is 1. The van der Waals surface area contributed by atoms with Crippen LogP contribution in [-0.2, 0) is 16.0 Å². The van der Waals surface area contributed by atoms with Gasteiger partial charge in [0.1, 0.15) is 5.78 Å². The van der Waals surface area contributed by atoms with E-state index in [1.807, 2.05) is 18.2 Å². The Kier molecular flexibility index (Phi) is 9.47. The lowest BCUT2D eigenvalue weighted by Gasteiger charge is -2.17.